The first-order valence-electron chi connectivity index (χ1n) is 6.66. The quantitative estimate of drug-likeness (QED) is 0.902. The molecule has 2 saturated carbocycles. The number of nitrogens with two attached hydrogens (primary N) is 1. The monoisotopic (exact) mass is 293 g/mol. The van der Waals surface area contributed by atoms with Crippen LogP contribution in [0.25, 0.3) is 0 Å². The Morgan fingerprint density at radius 1 is 1.24 bits per heavy atom. The first-order chi connectivity index (χ1) is 8.22. The van der Waals surface area contributed by atoms with Gasteiger partial charge in [0.05, 0.1) is 0 Å². The molecule has 0 aromatic heterocycles. The van der Waals surface area contributed by atoms with E-state index in [-0.39, 0.29) is 0 Å². The van der Waals surface area contributed by atoms with Crippen molar-refractivity contribution in [3.8, 4) is 0 Å². The third-order valence-corrected chi connectivity index (χ3v) is 5.51. The van der Waals surface area contributed by atoms with E-state index in [1.807, 2.05) is 0 Å². The van der Waals surface area contributed by atoms with E-state index in [4.69, 9.17) is 5.73 Å². The largest absolute Gasteiger partial charge is 0.330 e. The van der Waals surface area contributed by atoms with Gasteiger partial charge in [0.25, 0.3) is 0 Å². The maximum absolute atomic E-state index is 6.12. The van der Waals surface area contributed by atoms with Crippen LogP contribution in [0.4, 0.5) is 0 Å². The summed E-state index contributed by atoms with van der Waals surface area (Å²) in [5.41, 5.74) is 7.99. The molecule has 1 aromatic carbocycles. The molecule has 0 amide bonds. The standard InChI is InChI=1S/C15H20BrN/c16-14-5-2-11(3-6-14)8-15(10-17)9-12-1-4-13(15)7-12/h2-3,5-6,12-13H,1,4,7-10,17H2. The smallest absolute Gasteiger partial charge is 0.0175 e. The Balaban J connectivity index is 1.80. The summed E-state index contributed by atoms with van der Waals surface area (Å²) in [5, 5.41) is 0. The Bertz CT molecular complexity index is 400. The fourth-order valence-corrected chi connectivity index (χ4v) is 4.37. The number of halogens is 1. The molecule has 0 saturated heterocycles. The summed E-state index contributed by atoms with van der Waals surface area (Å²) in [6, 6.07) is 8.78. The zero-order chi connectivity index (χ0) is 11.9. The number of hydrogen-bond acceptors (Lipinski definition) is 1. The van der Waals surface area contributed by atoms with Crippen LogP contribution in [0.3, 0.4) is 0 Å². The van der Waals surface area contributed by atoms with Gasteiger partial charge in [0.1, 0.15) is 0 Å². The zero-order valence-electron chi connectivity index (χ0n) is 10.2. The Morgan fingerprint density at radius 3 is 2.53 bits per heavy atom. The lowest BCUT2D eigenvalue weighted by atomic mass is 9.69. The highest BCUT2D eigenvalue weighted by Gasteiger charge is 2.49. The Labute approximate surface area is 112 Å². The maximum atomic E-state index is 6.12. The first kappa shape index (κ1) is 11.7. The fourth-order valence-electron chi connectivity index (χ4n) is 4.11. The van der Waals surface area contributed by atoms with Crippen molar-refractivity contribution < 1.29 is 0 Å². The third-order valence-electron chi connectivity index (χ3n) is 4.98. The van der Waals surface area contributed by atoms with Gasteiger partial charge in [-0.05, 0) is 67.2 Å². The molecule has 0 aliphatic heterocycles. The van der Waals surface area contributed by atoms with Crippen molar-refractivity contribution in [2.75, 3.05) is 6.54 Å². The summed E-state index contributed by atoms with van der Waals surface area (Å²) in [7, 11) is 0. The molecule has 92 valence electrons. The van der Waals surface area contributed by atoms with Crippen LogP contribution in [0.15, 0.2) is 28.7 Å². The Kier molecular flexibility index (Phi) is 3.04. The molecule has 1 aromatic rings. The average Bonchev–Trinajstić information content (AvgIpc) is 2.93. The predicted octanol–water partition coefficient (Wildman–Crippen LogP) is 3.76. The molecule has 2 bridgehead atoms. The molecule has 3 unspecified atom stereocenters. The van der Waals surface area contributed by atoms with Crippen LogP contribution in [-0.2, 0) is 6.42 Å². The van der Waals surface area contributed by atoms with E-state index in [1.165, 1.54) is 37.7 Å². The van der Waals surface area contributed by atoms with Crippen molar-refractivity contribution in [1.29, 1.82) is 0 Å². The average molecular weight is 294 g/mol. The molecule has 0 spiro atoms. The molecule has 2 aliphatic carbocycles. The third kappa shape index (κ3) is 2.06. The molecule has 1 nitrogen and oxygen atoms in total. The van der Waals surface area contributed by atoms with E-state index >= 15 is 0 Å². The molecule has 0 heterocycles. The number of fused-ring (bicyclic) bond motifs is 2. The van der Waals surface area contributed by atoms with Gasteiger partial charge in [0.15, 0.2) is 0 Å². The van der Waals surface area contributed by atoms with Gasteiger partial charge in [0, 0.05) is 4.47 Å². The fraction of sp³-hybridized carbons (Fsp3) is 0.600. The molecule has 2 N–H and O–H groups in total. The van der Waals surface area contributed by atoms with Crippen LogP contribution in [0.1, 0.15) is 31.2 Å². The lowest BCUT2D eigenvalue weighted by Gasteiger charge is -2.37. The molecular formula is C15H20BrN. The number of benzene rings is 1. The summed E-state index contributed by atoms with van der Waals surface area (Å²) >= 11 is 3.50. The van der Waals surface area contributed by atoms with Gasteiger partial charge < -0.3 is 5.73 Å². The summed E-state index contributed by atoms with van der Waals surface area (Å²) in [6.07, 6.45) is 6.85. The molecular weight excluding hydrogens is 274 g/mol. The van der Waals surface area contributed by atoms with Gasteiger partial charge in [-0.1, -0.05) is 34.5 Å². The van der Waals surface area contributed by atoms with Crippen LogP contribution in [0, 0.1) is 17.3 Å². The van der Waals surface area contributed by atoms with Crippen LogP contribution >= 0.6 is 15.9 Å². The maximum Gasteiger partial charge on any atom is 0.0175 e. The molecule has 2 fully saturated rings. The molecule has 2 heteroatoms. The number of hydrogen-bond donors (Lipinski definition) is 1. The van der Waals surface area contributed by atoms with Crippen LogP contribution < -0.4 is 5.73 Å². The minimum Gasteiger partial charge on any atom is -0.330 e. The van der Waals surface area contributed by atoms with Crippen molar-refractivity contribution in [2.24, 2.45) is 23.0 Å². The van der Waals surface area contributed by atoms with E-state index in [0.29, 0.717) is 5.41 Å². The van der Waals surface area contributed by atoms with Gasteiger partial charge in [-0.2, -0.15) is 0 Å². The second-order valence-electron chi connectivity index (χ2n) is 5.95. The highest BCUT2D eigenvalue weighted by Crippen LogP contribution is 2.56. The minimum atomic E-state index is 0.413. The summed E-state index contributed by atoms with van der Waals surface area (Å²) < 4.78 is 1.16. The van der Waals surface area contributed by atoms with Crippen molar-refractivity contribution in [3.63, 3.8) is 0 Å². The predicted molar refractivity (Wildman–Crippen MR) is 74.8 cm³/mol. The summed E-state index contributed by atoms with van der Waals surface area (Å²) in [6.45, 7) is 0.865. The van der Waals surface area contributed by atoms with Crippen LogP contribution in [0.2, 0.25) is 0 Å². The van der Waals surface area contributed by atoms with Crippen LogP contribution in [0.5, 0.6) is 0 Å². The minimum absolute atomic E-state index is 0.413. The van der Waals surface area contributed by atoms with E-state index in [9.17, 15) is 0 Å². The first-order valence-corrected chi connectivity index (χ1v) is 7.46. The number of rotatable bonds is 3. The van der Waals surface area contributed by atoms with Crippen molar-refractivity contribution in [3.05, 3.63) is 34.3 Å². The topological polar surface area (TPSA) is 26.0 Å². The summed E-state index contributed by atoms with van der Waals surface area (Å²) in [5.74, 6) is 1.86. The Hall–Kier alpha value is -0.340. The van der Waals surface area contributed by atoms with E-state index < -0.39 is 0 Å². The molecule has 3 atom stereocenters. The highest BCUT2D eigenvalue weighted by atomic mass is 79.9. The SMILES string of the molecule is NCC1(Cc2ccc(Br)cc2)CC2CCC1C2. The molecule has 17 heavy (non-hydrogen) atoms. The second-order valence-corrected chi connectivity index (χ2v) is 6.87. The zero-order valence-corrected chi connectivity index (χ0v) is 11.7. The van der Waals surface area contributed by atoms with E-state index in [1.54, 1.807) is 0 Å². The van der Waals surface area contributed by atoms with Crippen LogP contribution in [-0.4, -0.2) is 6.54 Å². The van der Waals surface area contributed by atoms with Crippen molar-refractivity contribution in [2.45, 2.75) is 32.1 Å². The molecule has 0 radical (unpaired) electrons. The summed E-state index contributed by atoms with van der Waals surface area (Å²) in [4.78, 5) is 0. The van der Waals surface area contributed by atoms with Crippen molar-refractivity contribution >= 4 is 15.9 Å². The normalized spacial score (nSPS) is 35.4. The Morgan fingerprint density at radius 2 is 2.00 bits per heavy atom. The lowest BCUT2D eigenvalue weighted by Crippen LogP contribution is -2.37. The van der Waals surface area contributed by atoms with E-state index in [0.717, 1.165) is 22.9 Å². The molecule has 3 rings (SSSR count). The van der Waals surface area contributed by atoms with Gasteiger partial charge in [0.2, 0.25) is 0 Å². The van der Waals surface area contributed by atoms with Crippen molar-refractivity contribution in [1.82, 2.24) is 0 Å². The lowest BCUT2D eigenvalue weighted by molar-refractivity contribution is 0.171. The van der Waals surface area contributed by atoms with Gasteiger partial charge in [-0.25, -0.2) is 0 Å². The second kappa shape index (κ2) is 4.40. The van der Waals surface area contributed by atoms with Gasteiger partial charge in [-0.3, -0.25) is 0 Å². The van der Waals surface area contributed by atoms with Gasteiger partial charge in [-0.15, -0.1) is 0 Å². The highest BCUT2D eigenvalue weighted by molar-refractivity contribution is 9.10. The molecule has 2 aliphatic rings. The van der Waals surface area contributed by atoms with Gasteiger partial charge >= 0.3 is 0 Å². The van der Waals surface area contributed by atoms with E-state index in [2.05, 4.69) is 40.2 Å².